The van der Waals surface area contributed by atoms with Gasteiger partial charge in [0.05, 0.1) is 5.69 Å². The van der Waals surface area contributed by atoms with Crippen molar-refractivity contribution < 1.29 is 5.11 Å². The molecule has 20 heavy (non-hydrogen) atoms. The van der Waals surface area contributed by atoms with Gasteiger partial charge in [-0.2, -0.15) is 0 Å². The molecule has 3 rings (SSSR count). The van der Waals surface area contributed by atoms with Crippen molar-refractivity contribution in [2.45, 2.75) is 13.3 Å². The highest BCUT2D eigenvalue weighted by Gasteiger charge is 2.16. The highest BCUT2D eigenvalue weighted by Crippen LogP contribution is 2.36. The van der Waals surface area contributed by atoms with Gasteiger partial charge in [-0.05, 0) is 30.3 Å². The van der Waals surface area contributed by atoms with Crippen LogP contribution in [-0.2, 0) is 13.5 Å². The largest absolute Gasteiger partial charge is 0.493 e. The summed E-state index contributed by atoms with van der Waals surface area (Å²) < 4.78 is 2.03. The van der Waals surface area contributed by atoms with Crippen molar-refractivity contribution in [2.24, 2.45) is 12.0 Å². The average Bonchev–Trinajstić information content (AvgIpc) is 2.97. The Balaban J connectivity index is 2.12. The molecule has 2 heterocycles. The summed E-state index contributed by atoms with van der Waals surface area (Å²) >= 11 is 5.10. The van der Waals surface area contributed by atoms with Gasteiger partial charge in [0.1, 0.15) is 5.69 Å². The number of rotatable bonds is 2. The number of aliphatic imine (C=N–C) groups is 1. The molecule has 1 aliphatic rings. The van der Waals surface area contributed by atoms with E-state index in [2.05, 4.69) is 23.0 Å². The minimum absolute atomic E-state index is 0.135. The maximum absolute atomic E-state index is 10.0. The van der Waals surface area contributed by atoms with Crippen LogP contribution >= 0.6 is 12.2 Å². The van der Waals surface area contributed by atoms with Crippen molar-refractivity contribution in [1.82, 2.24) is 9.55 Å². The van der Waals surface area contributed by atoms with Crippen molar-refractivity contribution in [3.8, 4) is 5.88 Å². The average molecular weight is 285 g/mol. The Kier molecular flexibility index (Phi) is 3.06. The number of allylic oxidation sites excluding steroid dienone is 1. The second-order valence-electron chi connectivity index (χ2n) is 4.75. The van der Waals surface area contributed by atoms with Gasteiger partial charge in [-0.15, -0.1) is 0 Å². The molecular formula is C15H15N3OS. The molecule has 0 fully saturated rings. The molecule has 0 atom stereocenters. The highest BCUT2D eigenvalue weighted by molar-refractivity contribution is 7.71. The Morgan fingerprint density at radius 2 is 2.25 bits per heavy atom. The summed E-state index contributed by atoms with van der Waals surface area (Å²) in [5.74, 6) is 0.135. The topological polar surface area (TPSA) is 53.3 Å². The zero-order valence-corrected chi connectivity index (χ0v) is 12.2. The standard InChI is InChI=1S/C15H15N3OS/c1-3-9-5-4-6-11-10(8-16-13(9)11)7-12-14(19)18(2)15(20)17-12/h4-8,19H,3H2,1-2H3,(H,17,20). The number of nitrogens with zero attached hydrogens (tertiary/aromatic N) is 2. The zero-order valence-electron chi connectivity index (χ0n) is 11.3. The maximum atomic E-state index is 10.0. The molecule has 1 aromatic carbocycles. The van der Waals surface area contributed by atoms with Crippen LogP contribution in [0.1, 0.15) is 23.7 Å². The van der Waals surface area contributed by atoms with E-state index in [4.69, 9.17) is 12.2 Å². The summed E-state index contributed by atoms with van der Waals surface area (Å²) in [5.41, 5.74) is 4.92. The van der Waals surface area contributed by atoms with E-state index in [0.717, 1.165) is 23.2 Å². The summed E-state index contributed by atoms with van der Waals surface area (Å²) in [4.78, 5) is 7.47. The number of imidazole rings is 1. The van der Waals surface area contributed by atoms with Gasteiger partial charge in [0.2, 0.25) is 5.88 Å². The van der Waals surface area contributed by atoms with E-state index >= 15 is 0 Å². The number of hydrogen-bond acceptors (Lipinski definition) is 3. The number of nitrogens with one attached hydrogen (secondary N) is 1. The fourth-order valence-corrected chi connectivity index (χ4v) is 2.57. The summed E-state index contributed by atoms with van der Waals surface area (Å²) in [6, 6.07) is 6.17. The Morgan fingerprint density at radius 1 is 1.45 bits per heavy atom. The van der Waals surface area contributed by atoms with Crippen molar-refractivity contribution in [1.29, 1.82) is 0 Å². The number of fused-ring (bicyclic) bond motifs is 1. The summed E-state index contributed by atoms with van der Waals surface area (Å²) in [5, 5.41) is 10.0. The molecule has 0 amide bonds. The molecule has 2 N–H and O–H groups in total. The summed E-state index contributed by atoms with van der Waals surface area (Å²) in [6.07, 6.45) is 4.65. The third kappa shape index (κ3) is 1.91. The van der Waals surface area contributed by atoms with E-state index in [9.17, 15) is 5.11 Å². The molecule has 0 saturated heterocycles. The molecule has 4 nitrogen and oxygen atoms in total. The Morgan fingerprint density at radius 3 is 2.90 bits per heavy atom. The number of aryl methyl sites for hydroxylation is 1. The number of benzene rings is 1. The van der Waals surface area contributed by atoms with Crippen LogP contribution in [0.25, 0.3) is 11.6 Å². The molecule has 0 saturated carbocycles. The lowest BCUT2D eigenvalue weighted by atomic mass is 10.0. The molecule has 5 heteroatoms. The maximum Gasteiger partial charge on any atom is 0.217 e. The quantitative estimate of drug-likeness (QED) is 0.828. The van der Waals surface area contributed by atoms with E-state index < -0.39 is 0 Å². The molecule has 0 spiro atoms. The van der Waals surface area contributed by atoms with Gasteiger partial charge in [0.25, 0.3) is 0 Å². The van der Waals surface area contributed by atoms with Crippen LogP contribution in [0.2, 0.25) is 0 Å². The lowest BCUT2D eigenvalue weighted by Gasteiger charge is -2.04. The van der Waals surface area contributed by atoms with E-state index in [1.54, 1.807) is 7.05 Å². The van der Waals surface area contributed by atoms with Crippen molar-refractivity contribution in [3.05, 3.63) is 39.8 Å². The lowest BCUT2D eigenvalue weighted by molar-refractivity contribution is 0.430. The van der Waals surface area contributed by atoms with Gasteiger partial charge in [0, 0.05) is 24.4 Å². The van der Waals surface area contributed by atoms with Crippen LogP contribution in [0.5, 0.6) is 5.88 Å². The van der Waals surface area contributed by atoms with Crippen molar-refractivity contribution in [2.75, 3.05) is 0 Å². The van der Waals surface area contributed by atoms with E-state index in [1.807, 2.05) is 24.4 Å². The van der Waals surface area contributed by atoms with Crippen molar-refractivity contribution >= 4 is 35.8 Å². The second-order valence-corrected chi connectivity index (χ2v) is 5.14. The van der Waals surface area contributed by atoms with Crippen LogP contribution in [0, 0.1) is 4.77 Å². The van der Waals surface area contributed by atoms with Crippen LogP contribution in [0.4, 0.5) is 5.69 Å². The zero-order chi connectivity index (χ0) is 14.3. The van der Waals surface area contributed by atoms with Gasteiger partial charge in [0.15, 0.2) is 4.77 Å². The molecule has 0 aliphatic carbocycles. The number of hydrogen-bond donors (Lipinski definition) is 2. The normalized spacial score (nSPS) is 15.0. The minimum atomic E-state index is 0.135. The number of aromatic amines is 1. The fourth-order valence-electron chi connectivity index (χ4n) is 2.37. The summed E-state index contributed by atoms with van der Waals surface area (Å²) in [7, 11) is 1.72. The van der Waals surface area contributed by atoms with E-state index in [0.29, 0.717) is 10.5 Å². The predicted molar refractivity (Wildman–Crippen MR) is 84.1 cm³/mol. The number of aromatic hydroxyl groups is 1. The highest BCUT2D eigenvalue weighted by atomic mass is 32.1. The molecular weight excluding hydrogens is 270 g/mol. The van der Waals surface area contributed by atoms with Crippen LogP contribution < -0.4 is 0 Å². The monoisotopic (exact) mass is 285 g/mol. The number of H-pyrrole nitrogens is 1. The first-order chi connectivity index (χ1) is 9.61. The molecule has 102 valence electrons. The van der Waals surface area contributed by atoms with Crippen LogP contribution in [0.15, 0.2) is 23.2 Å². The van der Waals surface area contributed by atoms with Crippen molar-refractivity contribution in [3.63, 3.8) is 0 Å². The van der Waals surface area contributed by atoms with Gasteiger partial charge >= 0.3 is 0 Å². The first-order valence-corrected chi connectivity index (χ1v) is 6.88. The predicted octanol–water partition coefficient (Wildman–Crippen LogP) is 3.61. The van der Waals surface area contributed by atoms with E-state index in [-0.39, 0.29) is 5.88 Å². The molecule has 1 aromatic heterocycles. The Labute approximate surface area is 122 Å². The van der Waals surface area contributed by atoms with Gasteiger partial charge in [-0.25, -0.2) is 0 Å². The molecule has 0 radical (unpaired) electrons. The third-order valence-corrected chi connectivity index (χ3v) is 3.92. The number of aromatic nitrogens is 2. The first-order valence-electron chi connectivity index (χ1n) is 6.47. The second kappa shape index (κ2) is 4.76. The summed E-state index contributed by atoms with van der Waals surface area (Å²) in [6.45, 7) is 2.12. The lowest BCUT2D eigenvalue weighted by Crippen LogP contribution is -1.86. The smallest absolute Gasteiger partial charge is 0.217 e. The molecule has 0 bridgehead atoms. The Bertz CT molecular complexity index is 796. The van der Waals surface area contributed by atoms with Gasteiger partial charge in [-0.1, -0.05) is 25.1 Å². The van der Waals surface area contributed by atoms with Crippen LogP contribution in [0.3, 0.4) is 0 Å². The number of para-hydroxylation sites is 1. The first kappa shape index (κ1) is 12.9. The van der Waals surface area contributed by atoms with Crippen LogP contribution in [-0.4, -0.2) is 20.9 Å². The molecule has 0 unspecified atom stereocenters. The minimum Gasteiger partial charge on any atom is -0.493 e. The third-order valence-electron chi connectivity index (χ3n) is 3.55. The molecule has 1 aliphatic heterocycles. The fraction of sp³-hybridized carbons (Fsp3) is 0.200. The molecule has 2 aromatic rings. The van der Waals surface area contributed by atoms with Gasteiger partial charge in [-0.3, -0.25) is 9.56 Å². The van der Waals surface area contributed by atoms with Gasteiger partial charge < -0.3 is 10.1 Å². The SMILES string of the molecule is CCc1cccc2c1N=CC2=Cc1[nH]c(=S)n(C)c1O. The Hall–Kier alpha value is -2.14. The van der Waals surface area contributed by atoms with E-state index in [1.165, 1.54) is 10.1 Å².